The highest BCUT2D eigenvalue weighted by atomic mass is 127. The number of anilines is 1. The average Bonchev–Trinajstić information content (AvgIpc) is 3.35. The molecular formula is C21H33IN4O3. The van der Waals surface area contributed by atoms with E-state index in [1.165, 1.54) is 5.56 Å². The minimum absolute atomic E-state index is 0. The quantitative estimate of drug-likeness (QED) is 0.248. The number of rotatable bonds is 8. The van der Waals surface area contributed by atoms with Crippen LogP contribution in [0, 0.1) is 5.92 Å². The maximum atomic E-state index is 12.7. The Morgan fingerprint density at radius 2 is 2.10 bits per heavy atom. The van der Waals surface area contributed by atoms with E-state index in [-0.39, 0.29) is 36.4 Å². The van der Waals surface area contributed by atoms with Crippen molar-refractivity contribution in [2.75, 3.05) is 64.6 Å². The third kappa shape index (κ3) is 6.55. The lowest BCUT2D eigenvalue weighted by atomic mass is 10.1. The van der Waals surface area contributed by atoms with Crippen molar-refractivity contribution in [1.82, 2.24) is 10.2 Å². The highest BCUT2D eigenvalue weighted by molar-refractivity contribution is 14.0. The number of likely N-dealkylation sites (tertiary alicyclic amines) is 1. The zero-order valence-corrected chi connectivity index (χ0v) is 19.8. The van der Waals surface area contributed by atoms with Crippen molar-refractivity contribution < 1.29 is 14.3 Å². The van der Waals surface area contributed by atoms with Crippen LogP contribution >= 0.6 is 24.0 Å². The summed E-state index contributed by atoms with van der Waals surface area (Å²) in [6, 6.07) is 8.12. The number of para-hydroxylation sites is 1. The molecule has 8 heteroatoms. The van der Waals surface area contributed by atoms with Gasteiger partial charge in [0.15, 0.2) is 5.96 Å². The SMILES string of the molecule is CCNC(=NCC(=O)N1CCc2ccccc21)N1CCC(COCCOC)C1.I. The molecule has 1 atom stereocenters. The number of nitrogens with zero attached hydrogens (tertiary/aromatic N) is 3. The first-order chi connectivity index (χ1) is 13.7. The van der Waals surface area contributed by atoms with Gasteiger partial charge in [-0.25, -0.2) is 4.99 Å². The highest BCUT2D eigenvalue weighted by Crippen LogP contribution is 2.27. The summed E-state index contributed by atoms with van der Waals surface area (Å²) in [6.07, 6.45) is 1.99. The number of hydrogen-bond donors (Lipinski definition) is 1. The summed E-state index contributed by atoms with van der Waals surface area (Å²) in [5.41, 5.74) is 2.27. The molecule has 2 aliphatic heterocycles. The molecular weight excluding hydrogens is 483 g/mol. The number of fused-ring (bicyclic) bond motifs is 1. The van der Waals surface area contributed by atoms with Gasteiger partial charge < -0.3 is 24.6 Å². The smallest absolute Gasteiger partial charge is 0.248 e. The lowest BCUT2D eigenvalue weighted by Crippen LogP contribution is -2.41. The van der Waals surface area contributed by atoms with Crippen LogP contribution in [-0.2, 0) is 20.7 Å². The van der Waals surface area contributed by atoms with E-state index in [2.05, 4.69) is 28.2 Å². The molecule has 2 aliphatic rings. The first-order valence-corrected chi connectivity index (χ1v) is 10.2. The lowest BCUT2D eigenvalue weighted by molar-refractivity contribution is -0.117. The van der Waals surface area contributed by atoms with Crippen LogP contribution in [0.3, 0.4) is 0 Å². The first-order valence-electron chi connectivity index (χ1n) is 10.2. The van der Waals surface area contributed by atoms with E-state index in [4.69, 9.17) is 9.47 Å². The summed E-state index contributed by atoms with van der Waals surface area (Å²) >= 11 is 0. The van der Waals surface area contributed by atoms with Crippen LogP contribution in [0.25, 0.3) is 0 Å². The maximum Gasteiger partial charge on any atom is 0.248 e. The van der Waals surface area contributed by atoms with Crippen molar-refractivity contribution in [3.8, 4) is 0 Å². The minimum Gasteiger partial charge on any atom is -0.382 e. The van der Waals surface area contributed by atoms with E-state index >= 15 is 0 Å². The Bertz CT molecular complexity index is 686. The van der Waals surface area contributed by atoms with Crippen molar-refractivity contribution in [1.29, 1.82) is 0 Å². The topological polar surface area (TPSA) is 66.4 Å². The fourth-order valence-corrected chi connectivity index (χ4v) is 3.80. The second kappa shape index (κ2) is 12.3. The Balaban J connectivity index is 0.00000300. The Hall–Kier alpha value is -1.39. The van der Waals surface area contributed by atoms with Crippen LogP contribution in [0.2, 0.25) is 0 Å². The summed E-state index contributed by atoms with van der Waals surface area (Å²) in [7, 11) is 1.68. The normalized spacial score (nSPS) is 18.6. The lowest BCUT2D eigenvalue weighted by Gasteiger charge is -2.22. The average molecular weight is 516 g/mol. The summed E-state index contributed by atoms with van der Waals surface area (Å²) in [5.74, 6) is 1.36. The fraction of sp³-hybridized carbons (Fsp3) is 0.619. The van der Waals surface area contributed by atoms with E-state index in [1.54, 1.807) is 7.11 Å². The van der Waals surface area contributed by atoms with Crippen LogP contribution in [0.1, 0.15) is 18.9 Å². The van der Waals surface area contributed by atoms with Crippen LogP contribution in [-0.4, -0.2) is 76.4 Å². The minimum atomic E-state index is 0. The van der Waals surface area contributed by atoms with E-state index in [9.17, 15) is 4.79 Å². The van der Waals surface area contributed by atoms with E-state index < -0.39 is 0 Å². The van der Waals surface area contributed by atoms with Crippen molar-refractivity contribution >= 4 is 41.5 Å². The van der Waals surface area contributed by atoms with Gasteiger partial charge in [-0.2, -0.15) is 0 Å². The number of methoxy groups -OCH3 is 1. The number of ether oxygens (including phenoxy) is 2. The van der Waals surface area contributed by atoms with Gasteiger partial charge in [0.05, 0.1) is 19.8 Å². The highest BCUT2D eigenvalue weighted by Gasteiger charge is 2.27. The summed E-state index contributed by atoms with van der Waals surface area (Å²) in [6.45, 7) is 7.58. The second-order valence-corrected chi connectivity index (χ2v) is 7.26. The van der Waals surface area contributed by atoms with Crippen LogP contribution in [0.4, 0.5) is 5.69 Å². The van der Waals surface area contributed by atoms with Crippen molar-refractivity contribution in [3.05, 3.63) is 29.8 Å². The molecule has 0 aromatic heterocycles. The molecule has 3 rings (SSSR count). The summed E-state index contributed by atoms with van der Waals surface area (Å²) < 4.78 is 10.7. The van der Waals surface area contributed by atoms with Crippen LogP contribution in [0.15, 0.2) is 29.3 Å². The molecule has 1 fully saturated rings. The van der Waals surface area contributed by atoms with Gasteiger partial charge in [0.2, 0.25) is 5.91 Å². The number of halogens is 1. The first kappa shape index (κ1) is 23.9. The van der Waals surface area contributed by atoms with Gasteiger partial charge in [-0.1, -0.05) is 18.2 Å². The molecule has 1 aromatic rings. The maximum absolute atomic E-state index is 12.7. The van der Waals surface area contributed by atoms with Crippen molar-refractivity contribution in [3.63, 3.8) is 0 Å². The third-order valence-electron chi connectivity index (χ3n) is 5.26. The molecule has 29 heavy (non-hydrogen) atoms. The van der Waals surface area contributed by atoms with E-state index in [1.807, 2.05) is 23.1 Å². The van der Waals surface area contributed by atoms with Crippen LogP contribution in [0.5, 0.6) is 0 Å². The number of nitrogens with one attached hydrogen (secondary N) is 1. The predicted octanol–water partition coefficient (Wildman–Crippen LogP) is 2.14. The molecule has 2 heterocycles. The molecule has 1 aromatic carbocycles. The molecule has 0 saturated carbocycles. The molecule has 162 valence electrons. The number of aliphatic imine (C=N–C) groups is 1. The van der Waals surface area contributed by atoms with Gasteiger partial charge in [0.1, 0.15) is 6.54 Å². The molecule has 0 spiro atoms. The zero-order valence-electron chi connectivity index (χ0n) is 17.4. The number of amides is 1. The fourth-order valence-electron chi connectivity index (χ4n) is 3.80. The molecule has 1 saturated heterocycles. The molecule has 1 unspecified atom stereocenters. The number of carbonyl (C=O) groups is 1. The zero-order chi connectivity index (χ0) is 19.8. The van der Waals surface area contributed by atoms with Gasteiger partial charge in [0, 0.05) is 44.9 Å². The van der Waals surface area contributed by atoms with Gasteiger partial charge >= 0.3 is 0 Å². The second-order valence-electron chi connectivity index (χ2n) is 7.26. The summed E-state index contributed by atoms with van der Waals surface area (Å²) in [4.78, 5) is 21.5. The molecule has 0 bridgehead atoms. The Morgan fingerprint density at radius 1 is 1.28 bits per heavy atom. The molecule has 1 N–H and O–H groups in total. The Morgan fingerprint density at radius 3 is 2.90 bits per heavy atom. The number of guanidine groups is 1. The number of hydrogen-bond acceptors (Lipinski definition) is 4. The number of carbonyl (C=O) groups excluding carboxylic acids is 1. The van der Waals surface area contributed by atoms with Crippen LogP contribution < -0.4 is 10.2 Å². The Kier molecular flexibility index (Phi) is 10.2. The number of benzene rings is 1. The standard InChI is InChI=1S/C21H32N4O3.HI/c1-3-22-21(24-10-8-17(15-24)16-28-13-12-27-2)23-14-20(26)25-11-9-18-6-4-5-7-19(18)25;/h4-7,17H,3,8-16H2,1-2H3,(H,22,23);1H. The van der Waals surface area contributed by atoms with E-state index in [0.717, 1.165) is 57.3 Å². The molecule has 0 radical (unpaired) electrons. The van der Waals surface area contributed by atoms with Gasteiger partial charge in [-0.15, -0.1) is 24.0 Å². The predicted molar refractivity (Wildman–Crippen MR) is 126 cm³/mol. The third-order valence-corrected chi connectivity index (χ3v) is 5.26. The summed E-state index contributed by atoms with van der Waals surface area (Å²) in [5, 5.41) is 3.33. The molecule has 1 amide bonds. The van der Waals surface area contributed by atoms with E-state index in [0.29, 0.717) is 19.1 Å². The largest absolute Gasteiger partial charge is 0.382 e. The van der Waals surface area contributed by atoms with Gasteiger partial charge in [-0.05, 0) is 31.4 Å². The monoisotopic (exact) mass is 516 g/mol. The van der Waals surface area contributed by atoms with Gasteiger partial charge in [-0.3, -0.25) is 4.79 Å². The van der Waals surface area contributed by atoms with Gasteiger partial charge in [0.25, 0.3) is 0 Å². The molecule has 7 nitrogen and oxygen atoms in total. The Labute approximate surface area is 190 Å². The molecule has 0 aliphatic carbocycles. The van der Waals surface area contributed by atoms with Crippen molar-refractivity contribution in [2.24, 2.45) is 10.9 Å². The van der Waals surface area contributed by atoms with Crippen molar-refractivity contribution in [2.45, 2.75) is 19.8 Å².